The highest BCUT2D eigenvalue weighted by molar-refractivity contribution is 5.79. The van der Waals surface area contributed by atoms with Crippen molar-refractivity contribution in [3.8, 4) is 0 Å². The molecular weight excluding hydrogens is 262 g/mol. The lowest BCUT2D eigenvalue weighted by Crippen LogP contribution is -2.54. The molecule has 3 N–H and O–H groups in total. The summed E-state index contributed by atoms with van der Waals surface area (Å²) in [6.07, 6.45) is 0. The third-order valence-electron chi connectivity index (χ3n) is 3.68. The van der Waals surface area contributed by atoms with Crippen LogP contribution in [0.3, 0.4) is 0 Å². The maximum Gasteiger partial charge on any atom is 0.208 e. The molecule has 0 atom stereocenters. The SMILES string of the molecule is Cc1cccc(N2CCN(C(=NCC(C)C)NN)CC2)c1. The molecule has 116 valence electrons. The number of rotatable bonds is 3. The van der Waals surface area contributed by atoms with Gasteiger partial charge in [0.2, 0.25) is 5.96 Å². The van der Waals surface area contributed by atoms with Crippen LogP contribution in [0.4, 0.5) is 5.69 Å². The van der Waals surface area contributed by atoms with Crippen LogP contribution < -0.4 is 16.2 Å². The zero-order valence-corrected chi connectivity index (χ0v) is 13.3. The van der Waals surface area contributed by atoms with Crippen molar-refractivity contribution in [2.24, 2.45) is 16.8 Å². The number of aliphatic imine (C=N–C) groups is 1. The van der Waals surface area contributed by atoms with E-state index in [1.54, 1.807) is 0 Å². The summed E-state index contributed by atoms with van der Waals surface area (Å²) in [7, 11) is 0. The molecule has 1 aliphatic heterocycles. The summed E-state index contributed by atoms with van der Waals surface area (Å²) >= 11 is 0. The molecule has 1 heterocycles. The van der Waals surface area contributed by atoms with Gasteiger partial charge in [-0.15, -0.1) is 0 Å². The molecule has 0 unspecified atom stereocenters. The van der Waals surface area contributed by atoms with Crippen LogP contribution in [0.15, 0.2) is 29.3 Å². The van der Waals surface area contributed by atoms with Crippen molar-refractivity contribution >= 4 is 11.6 Å². The number of anilines is 1. The normalized spacial score (nSPS) is 16.5. The summed E-state index contributed by atoms with van der Waals surface area (Å²) in [4.78, 5) is 9.21. The van der Waals surface area contributed by atoms with Crippen molar-refractivity contribution in [2.45, 2.75) is 20.8 Å². The quantitative estimate of drug-likeness (QED) is 0.384. The number of aryl methyl sites for hydroxylation is 1. The van der Waals surface area contributed by atoms with Crippen LogP contribution in [-0.2, 0) is 0 Å². The van der Waals surface area contributed by atoms with E-state index < -0.39 is 0 Å². The average Bonchev–Trinajstić information content (AvgIpc) is 2.48. The Labute approximate surface area is 127 Å². The minimum atomic E-state index is 0.543. The van der Waals surface area contributed by atoms with Gasteiger partial charge in [0, 0.05) is 38.4 Å². The van der Waals surface area contributed by atoms with Gasteiger partial charge in [-0.25, -0.2) is 5.84 Å². The van der Waals surface area contributed by atoms with E-state index in [0.717, 1.165) is 38.7 Å². The Morgan fingerprint density at radius 3 is 2.57 bits per heavy atom. The van der Waals surface area contributed by atoms with Gasteiger partial charge in [0.25, 0.3) is 0 Å². The van der Waals surface area contributed by atoms with E-state index in [-0.39, 0.29) is 0 Å². The number of nitrogens with one attached hydrogen (secondary N) is 1. The Balaban J connectivity index is 1.94. The first-order valence-corrected chi connectivity index (χ1v) is 7.67. The van der Waals surface area contributed by atoms with E-state index in [2.05, 4.69) is 65.3 Å². The van der Waals surface area contributed by atoms with Crippen LogP contribution >= 0.6 is 0 Å². The third-order valence-corrected chi connectivity index (χ3v) is 3.68. The van der Waals surface area contributed by atoms with E-state index >= 15 is 0 Å². The molecule has 1 fully saturated rings. The second-order valence-electron chi connectivity index (χ2n) is 6.02. The molecule has 1 aliphatic rings. The Kier molecular flexibility index (Phi) is 5.44. The molecule has 1 saturated heterocycles. The van der Waals surface area contributed by atoms with Crippen molar-refractivity contribution in [3.05, 3.63) is 29.8 Å². The molecule has 0 spiro atoms. The predicted octanol–water partition coefficient (Wildman–Crippen LogP) is 1.59. The van der Waals surface area contributed by atoms with Crippen molar-refractivity contribution in [1.29, 1.82) is 0 Å². The van der Waals surface area contributed by atoms with Gasteiger partial charge in [0.15, 0.2) is 0 Å². The maximum absolute atomic E-state index is 5.62. The van der Waals surface area contributed by atoms with Crippen molar-refractivity contribution in [3.63, 3.8) is 0 Å². The van der Waals surface area contributed by atoms with E-state index in [0.29, 0.717) is 5.92 Å². The highest BCUT2D eigenvalue weighted by Crippen LogP contribution is 2.17. The van der Waals surface area contributed by atoms with Crippen LogP contribution in [0.2, 0.25) is 0 Å². The first-order valence-electron chi connectivity index (χ1n) is 7.67. The summed E-state index contributed by atoms with van der Waals surface area (Å²) in [6, 6.07) is 8.67. The summed E-state index contributed by atoms with van der Waals surface area (Å²) in [5.74, 6) is 6.98. The number of hydrogen-bond acceptors (Lipinski definition) is 3. The Morgan fingerprint density at radius 1 is 1.29 bits per heavy atom. The predicted molar refractivity (Wildman–Crippen MR) is 89.4 cm³/mol. The van der Waals surface area contributed by atoms with Gasteiger partial charge in [-0.1, -0.05) is 26.0 Å². The lowest BCUT2D eigenvalue weighted by Gasteiger charge is -2.37. The molecule has 21 heavy (non-hydrogen) atoms. The molecule has 2 rings (SSSR count). The number of guanidine groups is 1. The summed E-state index contributed by atoms with van der Waals surface area (Å²) < 4.78 is 0. The van der Waals surface area contributed by atoms with Crippen LogP contribution in [-0.4, -0.2) is 43.6 Å². The number of hydrazine groups is 1. The van der Waals surface area contributed by atoms with Crippen LogP contribution in [0.5, 0.6) is 0 Å². The Bertz CT molecular complexity index is 475. The van der Waals surface area contributed by atoms with Crippen molar-refractivity contribution in [1.82, 2.24) is 10.3 Å². The topological polar surface area (TPSA) is 56.9 Å². The van der Waals surface area contributed by atoms with Gasteiger partial charge in [0.1, 0.15) is 0 Å². The number of piperazine rings is 1. The van der Waals surface area contributed by atoms with E-state index in [1.807, 2.05) is 0 Å². The molecule has 0 saturated carbocycles. The molecule has 0 aliphatic carbocycles. The summed E-state index contributed by atoms with van der Waals surface area (Å²) in [6.45, 7) is 11.1. The lowest BCUT2D eigenvalue weighted by molar-refractivity contribution is 0.371. The van der Waals surface area contributed by atoms with E-state index in [1.165, 1.54) is 11.3 Å². The third kappa shape index (κ3) is 4.36. The number of nitrogens with two attached hydrogens (primary N) is 1. The zero-order valence-electron chi connectivity index (χ0n) is 13.3. The highest BCUT2D eigenvalue weighted by atomic mass is 15.4. The maximum atomic E-state index is 5.62. The average molecular weight is 289 g/mol. The highest BCUT2D eigenvalue weighted by Gasteiger charge is 2.19. The standard InChI is InChI=1S/C16H27N5/c1-13(2)12-18-16(19-17)21-9-7-20(8-10-21)15-6-4-5-14(3)11-15/h4-6,11,13H,7-10,12,17H2,1-3H3,(H,18,19). The molecule has 0 aromatic heterocycles. The lowest BCUT2D eigenvalue weighted by atomic mass is 10.2. The number of hydrogen-bond donors (Lipinski definition) is 2. The molecule has 0 amide bonds. The summed E-state index contributed by atoms with van der Waals surface area (Å²) in [5.41, 5.74) is 5.35. The van der Waals surface area contributed by atoms with E-state index in [4.69, 9.17) is 5.84 Å². The van der Waals surface area contributed by atoms with Gasteiger partial charge in [-0.3, -0.25) is 10.4 Å². The Hall–Kier alpha value is -1.75. The van der Waals surface area contributed by atoms with Crippen LogP contribution in [0.1, 0.15) is 19.4 Å². The van der Waals surface area contributed by atoms with E-state index in [9.17, 15) is 0 Å². The van der Waals surface area contributed by atoms with Gasteiger partial charge in [-0.05, 0) is 30.5 Å². The molecule has 0 radical (unpaired) electrons. The smallest absolute Gasteiger partial charge is 0.208 e. The fraction of sp³-hybridized carbons (Fsp3) is 0.562. The first kappa shape index (κ1) is 15.6. The fourth-order valence-electron chi connectivity index (χ4n) is 2.51. The molecular formula is C16H27N5. The number of benzene rings is 1. The molecule has 1 aromatic carbocycles. The second kappa shape index (κ2) is 7.31. The monoisotopic (exact) mass is 289 g/mol. The molecule has 1 aromatic rings. The van der Waals surface area contributed by atoms with Crippen LogP contribution in [0.25, 0.3) is 0 Å². The molecule has 5 heteroatoms. The minimum absolute atomic E-state index is 0.543. The first-order chi connectivity index (χ1) is 10.1. The van der Waals surface area contributed by atoms with Gasteiger partial charge in [0.05, 0.1) is 0 Å². The zero-order chi connectivity index (χ0) is 15.2. The van der Waals surface area contributed by atoms with Crippen LogP contribution in [0, 0.1) is 12.8 Å². The second-order valence-corrected chi connectivity index (χ2v) is 6.02. The minimum Gasteiger partial charge on any atom is -0.368 e. The Morgan fingerprint density at radius 2 is 2.00 bits per heavy atom. The summed E-state index contributed by atoms with van der Waals surface area (Å²) in [5, 5.41) is 0. The van der Waals surface area contributed by atoms with Gasteiger partial charge < -0.3 is 9.80 Å². The number of nitrogens with zero attached hydrogens (tertiary/aromatic N) is 3. The van der Waals surface area contributed by atoms with Crippen molar-refractivity contribution < 1.29 is 0 Å². The van der Waals surface area contributed by atoms with Crippen molar-refractivity contribution in [2.75, 3.05) is 37.6 Å². The van der Waals surface area contributed by atoms with Gasteiger partial charge in [-0.2, -0.15) is 0 Å². The van der Waals surface area contributed by atoms with Gasteiger partial charge >= 0.3 is 0 Å². The molecule has 5 nitrogen and oxygen atoms in total. The fourth-order valence-corrected chi connectivity index (χ4v) is 2.51. The molecule has 0 bridgehead atoms. The largest absolute Gasteiger partial charge is 0.368 e.